The predicted octanol–water partition coefficient (Wildman–Crippen LogP) is 2.55. The summed E-state index contributed by atoms with van der Waals surface area (Å²) < 4.78 is 0. The van der Waals surface area contributed by atoms with Crippen molar-refractivity contribution in [2.45, 2.75) is 32.2 Å². The van der Waals surface area contributed by atoms with E-state index in [-0.39, 0.29) is 23.8 Å². The number of hydrogen-bond acceptors (Lipinski definition) is 3. The summed E-state index contributed by atoms with van der Waals surface area (Å²) in [5.41, 5.74) is 1.54. The van der Waals surface area contributed by atoms with Crippen LogP contribution in [0, 0.1) is 5.92 Å². The van der Waals surface area contributed by atoms with Gasteiger partial charge in [-0.1, -0.05) is 19.1 Å². The van der Waals surface area contributed by atoms with Crippen LogP contribution in [-0.2, 0) is 4.79 Å². The Kier molecular flexibility index (Phi) is 4.49. The van der Waals surface area contributed by atoms with Crippen LogP contribution in [0.15, 0.2) is 36.7 Å². The second kappa shape index (κ2) is 6.94. The Morgan fingerprint density at radius 1 is 1.31 bits per heavy atom. The largest absolute Gasteiger partial charge is 0.345 e. The van der Waals surface area contributed by atoms with Crippen molar-refractivity contribution in [3.8, 4) is 11.4 Å². The minimum absolute atomic E-state index is 0.00135. The van der Waals surface area contributed by atoms with E-state index < -0.39 is 0 Å². The highest BCUT2D eigenvalue weighted by molar-refractivity contribution is 5.96. The summed E-state index contributed by atoms with van der Waals surface area (Å²) in [4.78, 5) is 37.0. The maximum Gasteiger partial charge on any atom is 0.253 e. The number of imidazole rings is 1. The van der Waals surface area contributed by atoms with E-state index >= 15 is 0 Å². The molecule has 3 saturated heterocycles. The first-order chi connectivity index (χ1) is 12.7. The molecule has 3 aliphatic rings. The molecule has 3 fully saturated rings. The number of carbonyl (C=O) groups is 2. The van der Waals surface area contributed by atoms with Gasteiger partial charge in [0.1, 0.15) is 5.82 Å². The van der Waals surface area contributed by atoms with Gasteiger partial charge in [-0.15, -0.1) is 0 Å². The molecule has 136 valence electrons. The molecule has 2 amide bonds. The molecule has 6 heteroatoms. The van der Waals surface area contributed by atoms with E-state index in [0.717, 1.165) is 37.2 Å². The van der Waals surface area contributed by atoms with Gasteiger partial charge >= 0.3 is 0 Å². The molecule has 4 heterocycles. The molecule has 0 spiro atoms. The fourth-order valence-electron chi connectivity index (χ4n) is 4.15. The third kappa shape index (κ3) is 3.00. The van der Waals surface area contributed by atoms with Crippen LogP contribution < -0.4 is 0 Å². The lowest BCUT2D eigenvalue weighted by atomic mass is 9.94. The number of fused-ring (bicyclic) bond motifs is 4. The van der Waals surface area contributed by atoms with E-state index in [4.69, 9.17) is 0 Å². The van der Waals surface area contributed by atoms with Gasteiger partial charge in [-0.25, -0.2) is 4.98 Å². The van der Waals surface area contributed by atoms with E-state index in [1.54, 1.807) is 12.4 Å². The number of nitrogens with one attached hydrogen (secondary N) is 1. The Hall–Kier alpha value is -2.63. The van der Waals surface area contributed by atoms with Crippen LogP contribution in [0.5, 0.6) is 0 Å². The zero-order chi connectivity index (χ0) is 18.1. The Morgan fingerprint density at radius 3 is 2.96 bits per heavy atom. The number of aromatic amines is 1. The van der Waals surface area contributed by atoms with Crippen LogP contribution >= 0.6 is 0 Å². The Balaban J connectivity index is 1.57. The van der Waals surface area contributed by atoms with Crippen molar-refractivity contribution in [3.05, 3.63) is 42.2 Å². The molecule has 0 radical (unpaired) electrons. The lowest BCUT2D eigenvalue weighted by Gasteiger charge is -2.35. The highest BCUT2D eigenvalue weighted by Crippen LogP contribution is 2.30. The highest BCUT2D eigenvalue weighted by Gasteiger charge is 2.41. The van der Waals surface area contributed by atoms with E-state index in [2.05, 4.69) is 16.9 Å². The number of carbonyl (C=O) groups excluding carboxylic acids is 2. The summed E-state index contributed by atoms with van der Waals surface area (Å²) in [7, 11) is 0. The number of hydrogen-bond donors (Lipinski definition) is 1. The second-order valence-corrected chi connectivity index (χ2v) is 7.19. The quantitative estimate of drug-likeness (QED) is 0.919. The Bertz CT molecular complexity index is 802. The summed E-state index contributed by atoms with van der Waals surface area (Å²) >= 11 is 0. The first-order valence-electron chi connectivity index (χ1n) is 9.37. The van der Waals surface area contributed by atoms with Crippen LogP contribution in [-0.4, -0.2) is 57.3 Å². The SMILES string of the molecule is CCCN1C(=O)[C@@H]2CC[C@H]1CN(C(=O)c1cccc(-c3ncc[nH]3)c1)C2. The minimum atomic E-state index is -0.0579. The van der Waals surface area contributed by atoms with Crippen LogP contribution in [0.2, 0.25) is 0 Å². The highest BCUT2D eigenvalue weighted by atomic mass is 16.2. The molecule has 2 bridgehead atoms. The molecule has 1 aromatic carbocycles. The number of H-pyrrole nitrogens is 1. The normalized spacial score (nSPS) is 22.6. The fraction of sp³-hybridized carbons (Fsp3) is 0.450. The zero-order valence-corrected chi connectivity index (χ0v) is 15.0. The van der Waals surface area contributed by atoms with Crippen molar-refractivity contribution in [2.75, 3.05) is 19.6 Å². The minimum Gasteiger partial charge on any atom is -0.345 e. The predicted molar refractivity (Wildman–Crippen MR) is 98.4 cm³/mol. The molecule has 3 aliphatic heterocycles. The number of rotatable bonds is 4. The molecule has 0 aliphatic carbocycles. The molecule has 2 atom stereocenters. The molecule has 0 unspecified atom stereocenters. The summed E-state index contributed by atoms with van der Waals surface area (Å²) in [5, 5.41) is 0. The molecule has 26 heavy (non-hydrogen) atoms. The van der Waals surface area contributed by atoms with Crippen LogP contribution in [0.3, 0.4) is 0 Å². The van der Waals surface area contributed by atoms with Crippen LogP contribution in [0.25, 0.3) is 11.4 Å². The molecule has 6 nitrogen and oxygen atoms in total. The fourth-order valence-corrected chi connectivity index (χ4v) is 4.15. The third-order valence-corrected chi connectivity index (χ3v) is 5.43. The maximum atomic E-state index is 13.1. The monoisotopic (exact) mass is 352 g/mol. The lowest BCUT2D eigenvalue weighted by molar-refractivity contribution is -0.139. The van der Waals surface area contributed by atoms with Crippen molar-refractivity contribution >= 4 is 11.8 Å². The molecular formula is C20H24N4O2. The van der Waals surface area contributed by atoms with Gasteiger partial charge in [0.15, 0.2) is 0 Å². The van der Waals surface area contributed by atoms with Gasteiger partial charge < -0.3 is 14.8 Å². The molecule has 0 saturated carbocycles. The number of amides is 2. The summed E-state index contributed by atoms with van der Waals surface area (Å²) in [6, 6.07) is 7.69. The number of nitrogens with zero attached hydrogens (tertiary/aromatic N) is 3. The summed E-state index contributed by atoms with van der Waals surface area (Å²) in [6.07, 6.45) is 6.30. The number of benzene rings is 1. The first-order valence-corrected chi connectivity index (χ1v) is 9.37. The van der Waals surface area contributed by atoms with Gasteiger partial charge in [-0.05, 0) is 31.4 Å². The van der Waals surface area contributed by atoms with Crippen molar-refractivity contribution in [3.63, 3.8) is 0 Å². The molecular weight excluding hydrogens is 328 g/mol. The van der Waals surface area contributed by atoms with Gasteiger partial charge in [0.25, 0.3) is 5.91 Å². The van der Waals surface area contributed by atoms with Gasteiger partial charge in [0.2, 0.25) is 5.91 Å². The standard InChI is InChI=1S/C20H24N4O2/c1-2-10-24-17-7-6-16(20(24)26)12-23(13-17)19(25)15-5-3-4-14(11-15)18-21-8-9-22-18/h3-5,8-9,11,16-17H,2,6-7,10,12-13H2,1H3,(H,21,22)/t16-,17+/m1/s1. The topological polar surface area (TPSA) is 69.3 Å². The van der Waals surface area contributed by atoms with Crippen molar-refractivity contribution in [1.82, 2.24) is 19.8 Å². The van der Waals surface area contributed by atoms with Crippen molar-refractivity contribution < 1.29 is 9.59 Å². The van der Waals surface area contributed by atoms with Gasteiger partial charge in [0.05, 0.1) is 5.92 Å². The van der Waals surface area contributed by atoms with Gasteiger partial charge in [-0.2, -0.15) is 0 Å². The van der Waals surface area contributed by atoms with Crippen LogP contribution in [0.4, 0.5) is 0 Å². The van der Waals surface area contributed by atoms with Crippen molar-refractivity contribution in [1.29, 1.82) is 0 Å². The average molecular weight is 352 g/mol. The lowest BCUT2D eigenvalue weighted by Crippen LogP contribution is -2.48. The van der Waals surface area contributed by atoms with E-state index in [1.807, 2.05) is 34.1 Å². The number of aromatic nitrogens is 2. The van der Waals surface area contributed by atoms with E-state index in [0.29, 0.717) is 18.7 Å². The molecule has 2 aromatic rings. The smallest absolute Gasteiger partial charge is 0.253 e. The summed E-state index contributed by atoms with van der Waals surface area (Å²) in [6.45, 7) is 4.04. The molecule has 1 N–H and O–H groups in total. The van der Waals surface area contributed by atoms with E-state index in [9.17, 15) is 9.59 Å². The second-order valence-electron chi connectivity index (χ2n) is 7.19. The van der Waals surface area contributed by atoms with Crippen LogP contribution in [0.1, 0.15) is 36.5 Å². The zero-order valence-electron chi connectivity index (χ0n) is 15.0. The Labute approximate surface area is 153 Å². The number of piperidine rings is 1. The van der Waals surface area contributed by atoms with E-state index in [1.165, 1.54) is 0 Å². The molecule has 5 rings (SSSR count). The van der Waals surface area contributed by atoms with Crippen molar-refractivity contribution in [2.24, 2.45) is 5.92 Å². The van der Waals surface area contributed by atoms with Gasteiger partial charge in [0, 0.05) is 49.2 Å². The average Bonchev–Trinajstić information content (AvgIpc) is 3.07. The van der Waals surface area contributed by atoms with Gasteiger partial charge in [-0.3, -0.25) is 9.59 Å². The maximum absolute atomic E-state index is 13.1. The first kappa shape index (κ1) is 16.8. The Morgan fingerprint density at radius 2 is 2.19 bits per heavy atom. The molecule has 1 aromatic heterocycles. The third-order valence-electron chi connectivity index (χ3n) is 5.43. The summed E-state index contributed by atoms with van der Waals surface area (Å²) in [5.74, 6) is 0.918.